The molecule has 2 atom stereocenters. The molecule has 4 amide bonds. The average Bonchev–Trinajstić information content (AvgIpc) is 3.36. The van der Waals surface area contributed by atoms with Gasteiger partial charge in [-0.25, -0.2) is 10.3 Å². The highest BCUT2D eigenvalue weighted by atomic mass is 16.5. The van der Waals surface area contributed by atoms with Gasteiger partial charge in [0.2, 0.25) is 11.8 Å². The Bertz CT molecular complexity index is 1500. The third-order valence-electron chi connectivity index (χ3n) is 8.01. The Morgan fingerprint density at radius 3 is 2.39 bits per heavy atom. The van der Waals surface area contributed by atoms with E-state index in [-0.39, 0.29) is 44.9 Å². The maximum atomic E-state index is 14.3. The molecule has 2 aromatic heterocycles. The van der Waals surface area contributed by atoms with Crippen molar-refractivity contribution >= 4 is 23.8 Å². The second kappa shape index (κ2) is 15.8. The Hall–Kier alpha value is -5.04. The number of primary amides is 1. The molecule has 1 aromatic carbocycles. The molecule has 46 heavy (non-hydrogen) atoms. The van der Waals surface area contributed by atoms with E-state index in [0.717, 1.165) is 22.5 Å². The van der Waals surface area contributed by atoms with Gasteiger partial charge in [-0.15, -0.1) is 0 Å². The van der Waals surface area contributed by atoms with Crippen LogP contribution >= 0.6 is 0 Å². The van der Waals surface area contributed by atoms with E-state index in [2.05, 4.69) is 15.3 Å². The van der Waals surface area contributed by atoms with Crippen molar-refractivity contribution in [3.63, 3.8) is 0 Å². The van der Waals surface area contributed by atoms with Gasteiger partial charge in [-0.05, 0) is 92.6 Å². The lowest BCUT2D eigenvalue weighted by molar-refractivity contribution is -0.145. The Morgan fingerprint density at radius 1 is 1.04 bits per heavy atom. The maximum absolute atomic E-state index is 14.3. The zero-order valence-corrected chi connectivity index (χ0v) is 26.0. The minimum atomic E-state index is -1.26. The summed E-state index contributed by atoms with van der Waals surface area (Å²) in [4.78, 5) is 61.1. The number of nitrogens with one attached hydrogen (secondary N) is 2. The summed E-state index contributed by atoms with van der Waals surface area (Å²) in [7, 11) is 0. The fourth-order valence-corrected chi connectivity index (χ4v) is 5.82. The third-order valence-corrected chi connectivity index (χ3v) is 8.01. The summed E-state index contributed by atoms with van der Waals surface area (Å²) < 4.78 is 10.8. The molecule has 0 radical (unpaired) electrons. The number of ether oxygens (including phenoxy) is 2. The molecule has 244 valence electrons. The van der Waals surface area contributed by atoms with Crippen LogP contribution in [0.15, 0.2) is 60.9 Å². The molecule has 1 aliphatic rings. The summed E-state index contributed by atoms with van der Waals surface area (Å²) in [5.74, 6) is -0.883. The van der Waals surface area contributed by atoms with Crippen LogP contribution in [0.1, 0.15) is 60.2 Å². The van der Waals surface area contributed by atoms with Gasteiger partial charge in [0.25, 0.3) is 5.91 Å². The number of likely N-dealkylation sites (tertiary alicyclic amines) is 1. The van der Waals surface area contributed by atoms with Gasteiger partial charge in [0.15, 0.2) is 0 Å². The van der Waals surface area contributed by atoms with Gasteiger partial charge in [-0.2, -0.15) is 0 Å². The zero-order chi connectivity index (χ0) is 33.1. The fraction of sp³-hybridized carbons (Fsp3) is 0.394. The van der Waals surface area contributed by atoms with Crippen LogP contribution in [0.4, 0.5) is 4.79 Å². The van der Waals surface area contributed by atoms with Crippen LogP contribution in [0.2, 0.25) is 0 Å². The molecule has 1 saturated heterocycles. The fourth-order valence-electron chi connectivity index (χ4n) is 5.82. The smallest absolute Gasteiger partial charge is 0.404 e. The van der Waals surface area contributed by atoms with E-state index in [1.807, 2.05) is 26.0 Å². The second-order valence-corrected chi connectivity index (χ2v) is 11.4. The number of aryl methyl sites for hydroxylation is 2. The number of pyridine rings is 2. The Kier molecular flexibility index (Phi) is 11.6. The van der Waals surface area contributed by atoms with Crippen molar-refractivity contribution in [2.24, 2.45) is 5.73 Å². The molecule has 2 unspecified atom stereocenters. The highest BCUT2D eigenvalue weighted by Gasteiger charge is 2.51. The molecule has 1 fully saturated rings. The first-order valence-corrected chi connectivity index (χ1v) is 15.1. The van der Waals surface area contributed by atoms with Crippen LogP contribution in [-0.2, 0) is 37.7 Å². The van der Waals surface area contributed by atoms with E-state index in [1.54, 1.807) is 54.3 Å². The first kappa shape index (κ1) is 33.8. The van der Waals surface area contributed by atoms with E-state index in [9.17, 15) is 24.4 Å². The number of rotatable bonds is 15. The van der Waals surface area contributed by atoms with Crippen molar-refractivity contribution in [1.29, 1.82) is 0 Å². The molecule has 5 N–H and O–H groups in total. The number of carbonyl (C=O) groups excluding carboxylic acids is 4. The molecule has 4 rings (SSSR count). The van der Waals surface area contributed by atoms with Gasteiger partial charge < -0.3 is 25.4 Å². The Morgan fingerprint density at radius 2 is 1.74 bits per heavy atom. The largest absolute Gasteiger partial charge is 0.489 e. The normalized spacial score (nSPS) is 16.5. The van der Waals surface area contributed by atoms with Gasteiger partial charge in [0, 0.05) is 43.3 Å². The van der Waals surface area contributed by atoms with Crippen molar-refractivity contribution in [2.75, 3.05) is 13.2 Å². The summed E-state index contributed by atoms with van der Waals surface area (Å²) in [5.41, 5.74) is 9.66. The number of aromatic nitrogens is 2. The lowest BCUT2D eigenvalue weighted by Gasteiger charge is -2.31. The predicted octanol–water partition coefficient (Wildman–Crippen LogP) is 2.99. The highest BCUT2D eigenvalue weighted by molar-refractivity contribution is 5.98. The molecule has 0 bridgehead atoms. The van der Waals surface area contributed by atoms with Gasteiger partial charge in [0.1, 0.15) is 18.4 Å². The van der Waals surface area contributed by atoms with Crippen LogP contribution in [0.25, 0.3) is 0 Å². The standard InChI is InChI=1S/C33H40N6O7/c1-22-17-25(18-23(2)37-22)21-46-27-8-6-26(7-9-27)33(19-29(40)36-20-24-10-13-35-14-11-24)12-15-39(31(33)42)28(30(41)38-44)5-3-4-16-45-32(34)43/h6-11,13-14,17-18,28,44H,3-5,12,15-16,19-21H2,1-2H3,(H2,34,43)(H,36,40)(H,38,41). The van der Waals surface area contributed by atoms with Gasteiger partial charge in [-0.1, -0.05) is 12.1 Å². The molecule has 0 spiro atoms. The molecule has 3 heterocycles. The van der Waals surface area contributed by atoms with E-state index >= 15 is 0 Å². The van der Waals surface area contributed by atoms with Crippen LogP contribution in [0.3, 0.4) is 0 Å². The van der Waals surface area contributed by atoms with E-state index in [1.165, 1.54) is 4.90 Å². The number of nitrogens with two attached hydrogens (primary N) is 1. The summed E-state index contributed by atoms with van der Waals surface area (Å²) >= 11 is 0. The zero-order valence-electron chi connectivity index (χ0n) is 26.0. The molecule has 0 saturated carbocycles. The van der Waals surface area contributed by atoms with Gasteiger partial charge in [-0.3, -0.25) is 29.6 Å². The third kappa shape index (κ3) is 8.78. The molecular weight excluding hydrogens is 592 g/mol. The Labute approximate surface area is 267 Å². The number of amides is 4. The minimum absolute atomic E-state index is 0.0626. The van der Waals surface area contributed by atoms with E-state index in [4.69, 9.17) is 15.2 Å². The summed E-state index contributed by atoms with van der Waals surface area (Å²) in [6.07, 6.45) is 3.51. The molecule has 13 nitrogen and oxygen atoms in total. The summed E-state index contributed by atoms with van der Waals surface area (Å²) in [5, 5.41) is 12.4. The van der Waals surface area contributed by atoms with Gasteiger partial charge in [0.05, 0.1) is 12.0 Å². The summed E-state index contributed by atoms with van der Waals surface area (Å²) in [6, 6.07) is 13.6. The van der Waals surface area contributed by atoms with E-state index < -0.39 is 29.4 Å². The Balaban J connectivity index is 1.54. The average molecular weight is 633 g/mol. The van der Waals surface area contributed by atoms with Crippen molar-refractivity contribution in [3.8, 4) is 5.75 Å². The summed E-state index contributed by atoms with van der Waals surface area (Å²) in [6.45, 7) is 4.69. The number of benzene rings is 1. The molecule has 13 heteroatoms. The van der Waals surface area contributed by atoms with Crippen LogP contribution in [0, 0.1) is 13.8 Å². The van der Waals surface area contributed by atoms with Gasteiger partial charge >= 0.3 is 6.09 Å². The maximum Gasteiger partial charge on any atom is 0.404 e. The number of carbonyl (C=O) groups is 4. The molecule has 1 aliphatic heterocycles. The van der Waals surface area contributed by atoms with Crippen molar-refractivity contribution in [3.05, 3.63) is 89.0 Å². The molecular formula is C33H40N6O7. The molecule has 3 aromatic rings. The van der Waals surface area contributed by atoms with Crippen LogP contribution in [0.5, 0.6) is 5.75 Å². The van der Waals surface area contributed by atoms with Crippen LogP contribution < -0.4 is 21.3 Å². The lowest BCUT2D eigenvalue weighted by Crippen LogP contribution is -2.50. The minimum Gasteiger partial charge on any atom is -0.489 e. The first-order valence-electron chi connectivity index (χ1n) is 15.1. The number of hydrogen-bond donors (Lipinski definition) is 4. The predicted molar refractivity (Wildman–Crippen MR) is 166 cm³/mol. The number of nitrogens with zero attached hydrogens (tertiary/aromatic N) is 3. The first-order chi connectivity index (χ1) is 22.1. The monoisotopic (exact) mass is 632 g/mol. The second-order valence-electron chi connectivity index (χ2n) is 11.4. The molecule has 0 aliphatic carbocycles. The van der Waals surface area contributed by atoms with E-state index in [0.29, 0.717) is 30.8 Å². The lowest BCUT2D eigenvalue weighted by atomic mass is 9.75. The van der Waals surface area contributed by atoms with Crippen molar-refractivity contribution in [2.45, 2.75) is 70.6 Å². The van der Waals surface area contributed by atoms with Crippen molar-refractivity contribution in [1.82, 2.24) is 25.7 Å². The van der Waals surface area contributed by atoms with Crippen LogP contribution in [-0.4, -0.2) is 63.1 Å². The topological polar surface area (TPSA) is 186 Å². The highest BCUT2D eigenvalue weighted by Crippen LogP contribution is 2.41. The number of hydroxylamine groups is 1. The SMILES string of the molecule is Cc1cc(COc2ccc(C3(CC(=O)NCc4ccncc4)CCN(C(CCCCOC(N)=O)C(=O)NO)C3=O)cc2)cc(C)n1. The van der Waals surface area contributed by atoms with Crippen molar-refractivity contribution < 1.29 is 33.9 Å². The quantitative estimate of drug-likeness (QED) is 0.111. The number of hydrogen-bond acceptors (Lipinski definition) is 9. The number of unbranched alkanes of at least 4 members (excludes halogenated alkanes) is 1.